The van der Waals surface area contributed by atoms with Crippen molar-refractivity contribution in [2.24, 2.45) is 0 Å². The third-order valence-corrected chi connectivity index (χ3v) is 3.27. The zero-order chi connectivity index (χ0) is 19.7. The first-order valence-electron chi connectivity index (χ1n) is 8.22. The number of ether oxygens (including phenoxy) is 2. The van der Waals surface area contributed by atoms with Gasteiger partial charge in [-0.2, -0.15) is 0 Å². The number of esters is 2. The van der Waals surface area contributed by atoms with Crippen molar-refractivity contribution < 1.29 is 23.9 Å². The molecule has 0 saturated heterocycles. The van der Waals surface area contributed by atoms with E-state index in [1.54, 1.807) is 43.4 Å². The minimum absolute atomic E-state index is 0.102. The van der Waals surface area contributed by atoms with Gasteiger partial charge in [-0.1, -0.05) is 26.0 Å². The maximum atomic E-state index is 12.3. The lowest BCUT2D eigenvalue weighted by atomic mass is 10.2. The Bertz CT molecular complexity index is 768. The van der Waals surface area contributed by atoms with Crippen LogP contribution in [0.25, 0.3) is 0 Å². The van der Waals surface area contributed by atoms with E-state index in [0.29, 0.717) is 11.4 Å². The molecule has 1 amide bonds. The van der Waals surface area contributed by atoms with E-state index < -0.39 is 11.9 Å². The summed E-state index contributed by atoms with van der Waals surface area (Å²) in [6.07, 6.45) is 0. The molecule has 0 spiro atoms. The molecule has 0 heterocycles. The number of carbonyl (C=O) groups is 3. The molecule has 6 heteroatoms. The third-order valence-electron chi connectivity index (χ3n) is 3.27. The molecule has 6 nitrogen and oxygen atoms in total. The first kappa shape index (κ1) is 20.9. The van der Waals surface area contributed by atoms with E-state index in [0.717, 1.165) is 0 Å². The molecular weight excluding hydrogens is 334 g/mol. The Hall–Kier alpha value is -3.15. The van der Waals surface area contributed by atoms with Crippen molar-refractivity contribution in [3.63, 3.8) is 0 Å². The lowest BCUT2D eigenvalue weighted by Gasteiger charge is -2.15. The Labute approximate surface area is 153 Å². The van der Waals surface area contributed by atoms with Crippen LogP contribution in [-0.4, -0.2) is 24.9 Å². The average Bonchev–Trinajstić information content (AvgIpc) is 2.63. The molecule has 0 aliphatic carbocycles. The van der Waals surface area contributed by atoms with Gasteiger partial charge in [-0.05, 0) is 36.4 Å². The summed E-state index contributed by atoms with van der Waals surface area (Å²) in [5.74, 6) is -0.803. The fourth-order valence-electron chi connectivity index (χ4n) is 1.96. The highest BCUT2D eigenvalue weighted by atomic mass is 16.5. The molecule has 0 aromatic heterocycles. The minimum Gasteiger partial charge on any atom is -0.426 e. The van der Waals surface area contributed by atoms with Crippen LogP contribution in [0.4, 0.5) is 5.69 Å². The summed E-state index contributed by atoms with van der Waals surface area (Å²) in [4.78, 5) is 36.2. The van der Waals surface area contributed by atoms with Crippen LogP contribution < -0.4 is 14.4 Å². The molecule has 0 unspecified atom stereocenters. The van der Waals surface area contributed by atoms with Crippen molar-refractivity contribution in [3.05, 3.63) is 54.1 Å². The number of amides is 1. The quantitative estimate of drug-likeness (QED) is 0.614. The minimum atomic E-state index is -0.639. The van der Waals surface area contributed by atoms with Crippen LogP contribution in [-0.2, 0) is 9.59 Å². The fourth-order valence-corrected chi connectivity index (χ4v) is 1.96. The average molecular weight is 357 g/mol. The van der Waals surface area contributed by atoms with Gasteiger partial charge in [0.2, 0.25) is 5.91 Å². The Morgan fingerprint density at radius 2 is 1.42 bits per heavy atom. The summed E-state index contributed by atoms with van der Waals surface area (Å²) in [5, 5.41) is 0. The van der Waals surface area contributed by atoms with Crippen LogP contribution >= 0.6 is 0 Å². The number of anilines is 1. The molecule has 2 aromatic rings. The van der Waals surface area contributed by atoms with Gasteiger partial charge < -0.3 is 14.4 Å². The Kier molecular flexibility index (Phi) is 8.02. The number of carbonyl (C=O) groups excluding carboxylic acids is 3. The predicted molar refractivity (Wildman–Crippen MR) is 99.6 cm³/mol. The predicted octanol–water partition coefficient (Wildman–Crippen LogP) is 3.84. The molecule has 138 valence electrons. The van der Waals surface area contributed by atoms with Crippen molar-refractivity contribution in [2.45, 2.75) is 27.7 Å². The second kappa shape index (κ2) is 9.98. The third kappa shape index (κ3) is 5.73. The van der Waals surface area contributed by atoms with E-state index in [-0.39, 0.29) is 17.2 Å². The smallest absolute Gasteiger partial charge is 0.347 e. The maximum Gasteiger partial charge on any atom is 0.347 e. The number of nitrogens with zero attached hydrogens (tertiary/aromatic N) is 1. The van der Waals surface area contributed by atoms with Crippen LogP contribution in [0.1, 0.15) is 38.1 Å². The van der Waals surface area contributed by atoms with Gasteiger partial charge in [0, 0.05) is 26.6 Å². The summed E-state index contributed by atoms with van der Waals surface area (Å²) in [6.45, 7) is 6.71. The van der Waals surface area contributed by atoms with Gasteiger partial charge in [-0.3, -0.25) is 9.59 Å². The molecule has 0 atom stereocenters. The first-order valence-corrected chi connectivity index (χ1v) is 8.22. The summed E-state index contributed by atoms with van der Waals surface area (Å²) >= 11 is 0. The summed E-state index contributed by atoms with van der Waals surface area (Å²) in [5.41, 5.74) is 0.834. The van der Waals surface area contributed by atoms with Gasteiger partial charge >= 0.3 is 11.9 Å². The Morgan fingerprint density at radius 1 is 0.846 bits per heavy atom. The lowest BCUT2D eigenvalue weighted by Crippen LogP contribution is -2.22. The van der Waals surface area contributed by atoms with E-state index in [1.165, 1.54) is 30.9 Å². The zero-order valence-corrected chi connectivity index (χ0v) is 15.6. The highest BCUT2D eigenvalue weighted by molar-refractivity contribution is 5.95. The van der Waals surface area contributed by atoms with E-state index >= 15 is 0 Å². The van der Waals surface area contributed by atoms with Crippen LogP contribution in [0.15, 0.2) is 48.5 Å². The Balaban J connectivity index is 0.00000163. The molecule has 0 fully saturated rings. The number of rotatable bonds is 4. The lowest BCUT2D eigenvalue weighted by molar-refractivity contribution is -0.131. The maximum absolute atomic E-state index is 12.3. The van der Waals surface area contributed by atoms with E-state index in [1.807, 2.05) is 13.8 Å². The van der Waals surface area contributed by atoms with E-state index in [4.69, 9.17) is 9.47 Å². The zero-order valence-electron chi connectivity index (χ0n) is 15.6. The van der Waals surface area contributed by atoms with Crippen molar-refractivity contribution >= 4 is 23.5 Å². The summed E-state index contributed by atoms with van der Waals surface area (Å²) in [7, 11) is 1.65. The largest absolute Gasteiger partial charge is 0.426 e. The normalized spacial score (nSPS) is 9.42. The van der Waals surface area contributed by atoms with Crippen molar-refractivity contribution in [3.8, 4) is 11.5 Å². The van der Waals surface area contributed by atoms with E-state index in [9.17, 15) is 14.4 Å². The molecular formula is C20H23NO5. The number of para-hydroxylation sites is 1. The molecule has 0 saturated carbocycles. The van der Waals surface area contributed by atoms with Crippen LogP contribution in [0.5, 0.6) is 11.5 Å². The highest BCUT2D eigenvalue weighted by Gasteiger charge is 2.16. The molecule has 0 aliphatic heterocycles. The molecule has 0 N–H and O–H groups in total. The number of benzene rings is 2. The van der Waals surface area contributed by atoms with Crippen molar-refractivity contribution in [1.29, 1.82) is 0 Å². The van der Waals surface area contributed by atoms with Gasteiger partial charge in [0.25, 0.3) is 0 Å². The highest BCUT2D eigenvalue weighted by Crippen LogP contribution is 2.23. The van der Waals surface area contributed by atoms with Crippen LogP contribution in [0, 0.1) is 0 Å². The monoisotopic (exact) mass is 357 g/mol. The van der Waals surface area contributed by atoms with Crippen LogP contribution in [0.3, 0.4) is 0 Å². The number of hydrogen-bond donors (Lipinski definition) is 0. The second-order valence-corrected chi connectivity index (χ2v) is 5.05. The summed E-state index contributed by atoms with van der Waals surface area (Å²) in [6, 6.07) is 12.8. The van der Waals surface area contributed by atoms with Gasteiger partial charge in [-0.15, -0.1) is 0 Å². The molecule has 26 heavy (non-hydrogen) atoms. The molecule has 0 aliphatic rings. The topological polar surface area (TPSA) is 72.9 Å². The molecule has 0 bridgehead atoms. The van der Waals surface area contributed by atoms with Crippen LogP contribution in [0.2, 0.25) is 0 Å². The number of hydrogen-bond acceptors (Lipinski definition) is 5. The van der Waals surface area contributed by atoms with Crippen molar-refractivity contribution in [1.82, 2.24) is 0 Å². The SMILES string of the molecule is CC.CC(=O)Oc1ccccc1C(=O)Oc1ccc(N(C)C(C)=O)cc1. The van der Waals surface area contributed by atoms with Gasteiger partial charge in [0.15, 0.2) is 0 Å². The molecule has 2 aromatic carbocycles. The van der Waals surface area contributed by atoms with Gasteiger partial charge in [0.05, 0.1) is 0 Å². The molecule has 0 radical (unpaired) electrons. The van der Waals surface area contributed by atoms with E-state index in [2.05, 4.69) is 0 Å². The van der Waals surface area contributed by atoms with Gasteiger partial charge in [0.1, 0.15) is 17.1 Å². The van der Waals surface area contributed by atoms with Crippen molar-refractivity contribution in [2.75, 3.05) is 11.9 Å². The second-order valence-electron chi connectivity index (χ2n) is 5.05. The standard InChI is InChI=1S/C18H17NO5.C2H6/c1-12(20)19(3)14-8-10-15(11-9-14)24-18(22)16-6-4-5-7-17(16)23-13(2)21;1-2/h4-11H,1-3H3;1-2H3. The van der Waals surface area contributed by atoms with Gasteiger partial charge in [-0.25, -0.2) is 4.79 Å². The fraction of sp³-hybridized carbons (Fsp3) is 0.250. The first-order chi connectivity index (χ1) is 12.4. The summed E-state index contributed by atoms with van der Waals surface area (Å²) < 4.78 is 10.3. The Morgan fingerprint density at radius 3 is 1.96 bits per heavy atom. The molecule has 2 rings (SSSR count).